The maximum absolute atomic E-state index is 12.3. The van der Waals surface area contributed by atoms with E-state index in [4.69, 9.17) is 5.73 Å². The third kappa shape index (κ3) is 4.76. The summed E-state index contributed by atoms with van der Waals surface area (Å²) in [5.74, 6) is 0.963. The van der Waals surface area contributed by atoms with Crippen LogP contribution in [0.3, 0.4) is 0 Å². The van der Waals surface area contributed by atoms with Gasteiger partial charge in [0.25, 0.3) is 5.91 Å². The molecule has 1 aliphatic heterocycles. The average Bonchev–Trinajstić information content (AvgIpc) is 3.15. The highest BCUT2D eigenvalue weighted by molar-refractivity contribution is 8.13. The SMILES string of the molecule is NC(=NC1CCCCC1)SCc1ccc(C(=O)N2CCCC2)cc1. The Balaban J connectivity index is 1.50. The molecule has 1 amide bonds. The topological polar surface area (TPSA) is 58.7 Å². The second kappa shape index (κ2) is 8.56. The quantitative estimate of drug-likeness (QED) is 0.667. The van der Waals surface area contributed by atoms with Gasteiger partial charge in [0.05, 0.1) is 6.04 Å². The van der Waals surface area contributed by atoms with Crippen LogP contribution < -0.4 is 5.73 Å². The zero-order valence-corrected chi connectivity index (χ0v) is 15.1. The summed E-state index contributed by atoms with van der Waals surface area (Å²) in [5.41, 5.74) is 8.03. The predicted molar refractivity (Wildman–Crippen MR) is 101 cm³/mol. The summed E-state index contributed by atoms with van der Waals surface area (Å²) < 4.78 is 0. The summed E-state index contributed by atoms with van der Waals surface area (Å²) in [4.78, 5) is 18.9. The van der Waals surface area contributed by atoms with Crippen molar-refractivity contribution >= 4 is 22.8 Å². The predicted octanol–water partition coefficient (Wildman–Crippen LogP) is 3.80. The van der Waals surface area contributed by atoms with Gasteiger partial charge in [-0.1, -0.05) is 43.2 Å². The van der Waals surface area contributed by atoms with E-state index in [0.717, 1.165) is 37.2 Å². The Bertz CT molecular complexity index is 573. The lowest BCUT2D eigenvalue weighted by molar-refractivity contribution is 0.0793. The highest BCUT2D eigenvalue weighted by atomic mass is 32.2. The fourth-order valence-corrected chi connectivity index (χ4v) is 4.16. The normalized spacial score (nSPS) is 19.7. The second-order valence-electron chi connectivity index (χ2n) is 6.74. The molecule has 3 rings (SSSR count). The lowest BCUT2D eigenvalue weighted by Crippen LogP contribution is -2.27. The van der Waals surface area contributed by atoms with Crippen LogP contribution in [-0.2, 0) is 5.75 Å². The number of carbonyl (C=O) groups is 1. The molecule has 2 fully saturated rings. The van der Waals surface area contributed by atoms with E-state index in [0.29, 0.717) is 11.2 Å². The van der Waals surface area contributed by atoms with Crippen LogP contribution in [0.1, 0.15) is 60.9 Å². The minimum absolute atomic E-state index is 0.157. The summed E-state index contributed by atoms with van der Waals surface area (Å²) >= 11 is 1.60. The molecule has 24 heavy (non-hydrogen) atoms. The van der Waals surface area contributed by atoms with E-state index in [-0.39, 0.29) is 5.91 Å². The van der Waals surface area contributed by atoms with Gasteiger partial charge in [-0.15, -0.1) is 0 Å². The summed E-state index contributed by atoms with van der Waals surface area (Å²) in [7, 11) is 0. The summed E-state index contributed by atoms with van der Waals surface area (Å²) in [6.45, 7) is 1.79. The summed E-state index contributed by atoms with van der Waals surface area (Å²) in [5, 5.41) is 0.694. The molecule has 1 aromatic carbocycles. The molecular formula is C19H27N3OS. The van der Waals surface area contributed by atoms with Gasteiger partial charge >= 0.3 is 0 Å². The molecule has 0 radical (unpaired) electrons. The first-order valence-electron chi connectivity index (χ1n) is 9.06. The number of carbonyl (C=O) groups excluding carboxylic acids is 1. The van der Waals surface area contributed by atoms with E-state index in [1.54, 1.807) is 11.8 Å². The Labute approximate surface area is 148 Å². The van der Waals surface area contributed by atoms with Crippen molar-refractivity contribution in [2.75, 3.05) is 13.1 Å². The summed E-state index contributed by atoms with van der Waals surface area (Å²) in [6.07, 6.45) is 8.49. The lowest BCUT2D eigenvalue weighted by Gasteiger charge is -2.18. The van der Waals surface area contributed by atoms with Crippen LogP contribution in [-0.4, -0.2) is 35.1 Å². The molecule has 2 N–H and O–H groups in total. The Morgan fingerprint density at radius 3 is 2.42 bits per heavy atom. The van der Waals surface area contributed by atoms with E-state index < -0.39 is 0 Å². The molecule has 0 bridgehead atoms. The van der Waals surface area contributed by atoms with Crippen LogP contribution in [0.4, 0.5) is 0 Å². The van der Waals surface area contributed by atoms with E-state index in [9.17, 15) is 4.79 Å². The Kier molecular flexibility index (Phi) is 6.18. The van der Waals surface area contributed by atoms with Gasteiger partial charge in [0.15, 0.2) is 5.17 Å². The molecule has 1 aromatic rings. The van der Waals surface area contributed by atoms with Crippen molar-refractivity contribution in [1.29, 1.82) is 0 Å². The van der Waals surface area contributed by atoms with Crippen LogP contribution in [0, 0.1) is 0 Å². The Morgan fingerprint density at radius 2 is 1.75 bits per heavy atom. The number of benzene rings is 1. The molecule has 1 heterocycles. The molecule has 5 heteroatoms. The molecule has 0 spiro atoms. The second-order valence-corrected chi connectivity index (χ2v) is 7.74. The summed E-state index contributed by atoms with van der Waals surface area (Å²) in [6, 6.07) is 8.36. The number of aliphatic imine (C=N–C) groups is 1. The molecule has 130 valence electrons. The van der Waals surface area contributed by atoms with Crippen molar-refractivity contribution in [1.82, 2.24) is 4.90 Å². The molecule has 0 atom stereocenters. The van der Waals surface area contributed by atoms with Gasteiger partial charge in [0.2, 0.25) is 0 Å². The number of likely N-dealkylation sites (tertiary alicyclic amines) is 1. The fraction of sp³-hybridized carbons (Fsp3) is 0.579. The zero-order chi connectivity index (χ0) is 16.8. The zero-order valence-electron chi connectivity index (χ0n) is 14.2. The van der Waals surface area contributed by atoms with Crippen molar-refractivity contribution in [3.63, 3.8) is 0 Å². The maximum atomic E-state index is 12.3. The highest BCUT2D eigenvalue weighted by Gasteiger charge is 2.19. The van der Waals surface area contributed by atoms with Crippen molar-refractivity contribution in [3.8, 4) is 0 Å². The third-order valence-corrected chi connectivity index (χ3v) is 5.74. The van der Waals surface area contributed by atoms with E-state index >= 15 is 0 Å². The lowest BCUT2D eigenvalue weighted by atomic mass is 9.96. The van der Waals surface area contributed by atoms with Crippen molar-refractivity contribution in [2.45, 2.75) is 56.7 Å². The molecule has 1 saturated carbocycles. The van der Waals surface area contributed by atoms with Crippen LogP contribution >= 0.6 is 11.8 Å². The number of thioether (sulfide) groups is 1. The van der Waals surface area contributed by atoms with Crippen molar-refractivity contribution in [2.24, 2.45) is 10.7 Å². The number of hydrogen-bond donors (Lipinski definition) is 1. The third-order valence-electron chi connectivity index (χ3n) is 4.87. The van der Waals surface area contributed by atoms with Gasteiger partial charge in [0, 0.05) is 24.4 Å². The van der Waals surface area contributed by atoms with Gasteiger partial charge in [-0.2, -0.15) is 0 Å². The number of amidine groups is 1. The minimum Gasteiger partial charge on any atom is -0.379 e. The molecule has 1 aliphatic carbocycles. The van der Waals surface area contributed by atoms with Crippen LogP contribution in [0.2, 0.25) is 0 Å². The smallest absolute Gasteiger partial charge is 0.253 e. The number of nitrogens with zero attached hydrogens (tertiary/aromatic N) is 2. The number of hydrogen-bond acceptors (Lipinski definition) is 3. The van der Waals surface area contributed by atoms with Crippen LogP contribution in [0.25, 0.3) is 0 Å². The first kappa shape index (κ1) is 17.3. The molecule has 4 nitrogen and oxygen atoms in total. The number of rotatable bonds is 4. The number of nitrogens with two attached hydrogens (primary N) is 1. The van der Waals surface area contributed by atoms with Gasteiger partial charge in [-0.25, -0.2) is 0 Å². The standard InChI is InChI=1S/C19H27N3OS/c20-19(21-17-6-2-1-3-7-17)24-14-15-8-10-16(11-9-15)18(23)22-12-4-5-13-22/h8-11,17H,1-7,12-14H2,(H2,20,21). The first-order chi connectivity index (χ1) is 11.7. The highest BCUT2D eigenvalue weighted by Crippen LogP contribution is 2.22. The minimum atomic E-state index is 0.157. The number of amides is 1. The van der Waals surface area contributed by atoms with Gasteiger partial charge < -0.3 is 10.6 Å². The molecule has 0 aromatic heterocycles. The Hall–Kier alpha value is -1.49. The van der Waals surface area contributed by atoms with Gasteiger partial charge in [-0.05, 0) is 43.4 Å². The molecular weight excluding hydrogens is 318 g/mol. The van der Waals surface area contributed by atoms with E-state index in [1.807, 2.05) is 29.2 Å². The monoisotopic (exact) mass is 345 g/mol. The first-order valence-corrected chi connectivity index (χ1v) is 10.1. The molecule has 1 saturated heterocycles. The van der Waals surface area contributed by atoms with Crippen LogP contribution in [0.15, 0.2) is 29.3 Å². The van der Waals surface area contributed by atoms with E-state index in [2.05, 4.69) is 4.99 Å². The average molecular weight is 346 g/mol. The van der Waals surface area contributed by atoms with Crippen molar-refractivity contribution in [3.05, 3.63) is 35.4 Å². The van der Waals surface area contributed by atoms with Gasteiger partial charge in [-0.3, -0.25) is 9.79 Å². The Morgan fingerprint density at radius 1 is 1.08 bits per heavy atom. The maximum Gasteiger partial charge on any atom is 0.253 e. The van der Waals surface area contributed by atoms with Gasteiger partial charge in [0.1, 0.15) is 0 Å². The van der Waals surface area contributed by atoms with Crippen molar-refractivity contribution < 1.29 is 4.79 Å². The van der Waals surface area contributed by atoms with E-state index in [1.165, 1.54) is 37.7 Å². The fourth-order valence-electron chi connectivity index (χ4n) is 3.43. The molecule has 2 aliphatic rings. The molecule has 0 unspecified atom stereocenters. The van der Waals surface area contributed by atoms with Crippen LogP contribution in [0.5, 0.6) is 0 Å². The largest absolute Gasteiger partial charge is 0.379 e.